The van der Waals surface area contributed by atoms with Gasteiger partial charge in [-0.15, -0.1) is 11.3 Å². The van der Waals surface area contributed by atoms with Gasteiger partial charge >= 0.3 is 0 Å². The fraction of sp³-hybridized carbons (Fsp3) is 0.667. The second-order valence-corrected chi connectivity index (χ2v) is 6.62. The number of ether oxygens (including phenoxy) is 1. The molecule has 5 heteroatoms. The summed E-state index contributed by atoms with van der Waals surface area (Å²) in [5.74, 6) is -0.0894. The zero-order chi connectivity index (χ0) is 15.2. The predicted molar refractivity (Wildman–Crippen MR) is 82.5 cm³/mol. The quantitative estimate of drug-likeness (QED) is 0.775. The number of nitrogens with one attached hydrogen (secondary N) is 1. The minimum atomic E-state index is -0.538. The summed E-state index contributed by atoms with van der Waals surface area (Å²) in [5.41, 5.74) is 0.710. The molecule has 0 spiro atoms. The van der Waals surface area contributed by atoms with E-state index < -0.39 is 5.54 Å². The van der Waals surface area contributed by atoms with Gasteiger partial charge in [0.15, 0.2) is 0 Å². The van der Waals surface area contributed by atoms with Crippen LogP contribution in [0.3, 0.4) is 0 Å². The highest BCUT2D eigenvalue weighted by atomic mass is 32.1. The Balaban J connectivity index is 2.80. The first-order chi connectivity index (χ1) is 9.45. The largest absolute Gasteiger partial charge is 0.396 e. The van der Waals surface area contributed by atoms with Gasteiger partial charge in [-0.05, 0) is 38.3 Å². The number of amides is 1. The fourth-order valence-corrected chi connectivity index (χ4v) is 3.19. The van der Waals surface area contributed by atoms with Gasteiger partial charge in [0.1, 0.15) is 0 Å². The highest BCUT2D eigenvalue weighted by molar-refractivity contribution is 7.14. The Morgan fingerprint density at radius 3 is 2.80 bits per heavy atom. The first-order valence-electron chi connectivity index (χ1n) is 6.97. The van der Waals surface area contributed by atoms with Gasteiger partial charge in [-0.3, -0.25) is 4.79 Å². The standard InChI is InChI=1S/C15H25NO3S/c1-5-6-12-9-13(20-11(12)2)14(18)16-15(3,7-8-17)10-19-4/h9,17H,5-8,10H2,1-4H3,(H,16,18). The van der Waals surface area contributed by atoms with E-state index in [0.717, 1.165) is 17.7 Å². The van der Waals surface area contributed by atoms with Crippen molar-refractivity contribution in [3.8, 4) is 0 Å². The molecule has 2 N–H and O–H groups in total. The van der Waals surface area contributed by atoms with Crippen molar-refractivity contribution in [1.29, 1.82) is 0 Å². The molecule has 1 aromatic heterocycles. The van der Waals surface area contributed by atoms with Crippen LogP contribution in [-0.2, 0) is 11.2 Å². The molecule has 0 aliphatic heterocycles. The molecule has 1 atom stereocenters. The lowest BCUT2D eigenvalue weighted by atomic mass is 9.99. The Morgan fingerprint density at radius 2 is 2.25 bits per heavy atom. The van der Waals surface area contributed by atoms with Gasteiger partial charge in [0, 0.05) is 18.6 Å². The molecule has 0 radical (unpaired) electrons. The summed E-state index contributed by atoms with van der Waals surface area (Å²) < 4.78 is 5.14. The third-order valence-corrected chi connectivity index (χ3v) is 4.40. The Hall–Kier alpha value is -0.910. The van der Waals surface area contributed by atoms with Crippen molar-refractivity contribution in [2.45, 2.75) is 45.6 Å². The van der Waals surface area contributed by atoms with Gasteiger partial charge < -0.3 is 15.2 Å². The summed E-state index contributed by atoms with van der Waals surface area (Å²) in [4.78, 5) is 14.3. The fourth-order valence-electron chi connectivity index (χ4n) is 2.22. The lowest BCUT2D eigenvalue weighted by Gasteiger charge is -2.29. The monoisotopic (exact) mass is 299 g/mol. The maximum atomic E-state index is 12.3. The number of aliphatic hydroxyl groups excluding tert-OH is 1. The van der Waals surface area contributed by atoms with Gasteiger partial charge in [-0.2, -0.15) is 0 Å². The number of methoxy groups -OCH3 is 1. The maximum absolute atomic E-state index is 12.3. The van der Waals surface area contributed by atoms with E-state index in [4.69, 9.17) is 9.84 Å². The molecule has 114 valence electrons. The van der Waals surface area contributed by atoms with E-state index in [1.165, 1.54) is 21.8 Å². The van der Waals surface area contributed by atoms with Crippen LogP contribution in [0.15, 0.2) is 6.07 Å². The molecule has 0 aliphatic rings. The van der Waals surface area contributed by atoms with E-state index in [1.54, 1.807) is 7.11 Å². The van der Waals surface area contributed by atoms with Gasteiger partial charge in [-0.25, -0.2) is 0 Å². The molecule has 0 aromatic carbocycles. The molecule has 1 aromatic rings. The molecular weight excluding hydrogens is 274 g/mol. The number of aliphatic hydroxyl groups is 1. The van der Waals surface area contributed by atoms with Crippen molar-refractivity contribution in [2.24, 2.45) is 0 Å². The van der Waals surface area contributed by atoms with E-state index in [1.807, 2.05) is 13.0 Å². The van der Waals surface area contributed by atoms with Crippen LogP contribution >= 0.6 is 11.3 Å². The number of hydrogen-bond donors (Lipinski definition) is 2. The van der Waals surface area contributed by atoms with E-state index in [2.05, 4.69) is 19.2 Å². The molecule has 0 aliphatic carbocycles. The molecule has 1 unspecified atom stereocenters. The minimum absolute atomic E-state index is 0.0185. The Bertz CT molecular complexity index is 436. The predicted octanol–water partition coefficient (Wildman–Crippen LogP) is 2.53. The molecule has 0 saturated carbocycles. The Kier molecular flexibility index (Phi) is 6.65. The van der Waals surface area contributed by atoms with Crippen molar-refractivity contribution in [1.82, 2.24) is 5.32 Å². The van der Waals surface area contributed by atoms with Crippen molar-refractivity contribution in [3.63, 3.8) is 0 Å². The number of carbonyl (C=O) groups is 1. The second kappa shape index (κ2) is 7.76. The van der Waals surface area contributed by atoms with E-state index >= 15 is 0 Å². The molecule has 1 rings (SSSR count). The zero-order valence-corrected chi connectivity index (χ0v) is 13.6. The van der Waals surface area contributed by atoms with Gasteiger partial charge in [-0.1, -0.05) is 13.3 Å². The maximum Gasteiger partial charge on any atom is 0.261 e. The molecule has 0 fully saturated rings. The Labute approximate surface area is 125 Å². The van der Waals surface area contributed by atoms with Crippen LogP contribution in [0.5, 0.6) is 0 Å². The Morgan fingerprint density at radius 1 is 1.55 bits per heavy atom. The average Bonchev–Trinajstić information content (AvgIpc) is 2.72. The van der Waals surface area contributed by atoms with Crippen LogP contribution in [-0.4, -0.2) is 36.9 Å². The molecule has 1 heterocycles. The van der Waals surface area contributed by atoms with E-state index in [0.29, 0.717) is 13.0 Å². The van der Waals surface area contributed by atoms with Crippen molar-refractivity contribution < 1.29 is 14.6 Å². The molecule has 20 heavy (non-hydrogen) atoms. The van der Waals surface area contributed by atoms with Crippen molar-refractivity contribution in [2.75, 3.05) is 20.3 Å². The van der Waals surface area contributed by atoms with Crippen LogP contribution in [0.4, 0.5) is 0 Å². The number of carbonyl (C=O) groups excluding carboxylic acids is 1. The number of hydrogen-bond acceptors (Lipinski definition) is 4. The highest BCUT2D eigenvalue weighted by Crippen LogP contribution is 2.23. The smallest absolute Gasteiger partial charge is 0.261 e. The van der Waals surface area contributed by atoms with Crippen LogP contribution in [0.2, 0.25) is 0 Å². The van der Waals surface area contributed by atoms with Crippen molar-refractivity contribution >= 4 is 17.2 Å². The average molecular weight is 299 g/mol. The van der Waals surface area contributed by atoms with Gasteiger partial charge in [0.25, 0.3) is 5.91 Å². The molecule has 0 saturated heterocycles. The van der Waals surface area contributed by atoms with E-state index in [-0.39, 0.29) is 12.5 Å². The topological polar surface area (TPSA) is 58.6 Å². The lowest BCUT2D eigenvalue weighted by molar-refractivity contribution is 0.0729. The SMILES string of the molecule is CCCc1cc(C(=O)NC(C)(CCO)COC)sc1C. The zero-order valence-electron chi connectivity index (χ0n) is 12.8. The highest BCUT2D eigenvalue weighted by Gasteiger charge is 2.27. The first kappa shape index (κ1) is 17.1. The molecule has 0 bridgehead atoms. The van der Waals surface area contributed by atoms with Crippen LogP contribution in [0.1, 0.15) is 46.8 Å². The summed E-state index contributed by atoms with van der Waals surface area (Å²) in [6.45, 7) is 6.47. The van der Waals surface area contributed by atoms with Crippen LogP contribution < -0.4 is 5.32 Å². The number of rotatable bonds is 8. The lowest BCUT2D eigenvalue weighted by Crippen LogP contribution is -2.49. The second-order valence-electron chi connectivity index (χ2n) is 5.36. The number of aryl methyl sites for hydroxylation is 2. The summed E-state index contributed by atoms with van der Waals surface area (Å²) in [6, 6.07) is 1.98. The normalized spacial score (nSPS) is 14.1. The third kappa shape index (κ3) is 4.58. The molecule has 1 amide bonds. The summed E-state index contributed by atoms with van der Waals surface area (Å²) in [5, 5.41) is 12.1. The molecular formula is C15H25NO3S. The number of thiophene rings is 1. The summed E-state index contributed by atoms with van der Waals surface area (Å²) >= 11 is 1.52. The van der Waals surface area contributed by atoms with E-state index in [9.17, 15) is 4.79 Å². The third-order valence-electron chi connectivity index (χ3n) is 3.31. The summed E-state index contributed by atoms with van der Waals surface area (Å²) in [6.07, 6.45) is 2.55. The summed E-state index contributed by atoms with van der Waals surface area (Å²) in [7, 11) is 1.59. The molecule has 4 nitrogen and oxygen atoms in total. The first-order valence-corrected chi connectivity index (χ1v) is 7.79. The van der Waals surface area contributed by atoms with Crippen LogP contribution in [0.25, 0.3) is 0 Å². The van der Waals surface area contributed by atoms with Gasteiger partial charge in [0.2, 0.25) is 0 Å². The van der Waals surface area contributed by atoms with Crippen molar-refractivity contribution in [3.05, 3.63) is 21.4 Å². The van der Waals surface area contributed by atoms with Crippen LogP contribution in [0, 0.1) is 6.92 Å². The van der Waals surface area contributed by atoms with Gasteiger partial charge in [0.05, 0.1) is 17.0 Å². The minimum Gasteiger partial charge on any atom is -0.396 e.